The van der Waals surface area contributed by atoms with E-state index in [-0.39, 0.29) is 17.3 Å². The number of nitrogens with zero attached hydrogens (tertiary/aromatic N) is 3. The van der Waals surface area contributed by atoms with E-state index in [4.69, 9.17) is 0 Å². The Bertz CT molecular complexity index is 1360. The number of aromatic amines is 1. The summed E-state index contributed by atoms with van der Waals surface area (Å²) in [6, 6.07) is 11.1. The van der Waals surface area contributed by atoms with Crippen molar-refractivity contribution in [3.63, 3.8) is 0 Å². The minimum absolute atomic E-state index is 0.0420. The number of rotatable bonds is 5. The van der Waals surface area contributed by atoms with Crippen LogP contribution in [0.5, 0.6) is 0 Å². The molecule has 0 spiro atoms. The van der Waals surface area contributed by atoms with Gasteiger partial charge in [-0.05, 0) is 73.7 Å². The number of hydrogen-bond acceptors (Lipinski definition) is 7. The molecule has 0 bridgehead atoms. The van der Waals surface area contributed by atoms with Crippen molar-refractivity contribution >= 4 is 34.4 Å². The van der Waals surface area contributed by atoms with Gasteiger partial charge in [0.15, 0.2) is 5.82 Å². The number of aromatic nitrogens is 4. The maximum Gasteiger partial charge on any atom is 0.287 e. The minimum Gasteiger partial charge on any atom is -0.334 e. The second-order valence-electron chi connectivity index (χ2n) is 7.64. The Labute approximate surface area is 191 Å². The number of thiophene rings is 1. The van der Waals surface area contributed by atoms with E-state index < -0.39 is 11.4 Å². The van der Waals surface area contributed by atoms with Crippen molar-refractivity contribution in [3.8, 4) is 11.3 Å². The van der Waals surface area contributed by atoms with Gasteiger partial charge in [-0.3, -0.25) is 9.59 Å². The van der Waals surface area contributed by atoms with Crippen LogP contribution < -0.4 is 16.2 Å². The average molecular weight is 463 g/mol. The van der Waals surface area contributed by atoms with Crippen molar-refractivity contribution < 1.29 is 9.18 Å². The van der Waals surface area contributed by atoms with E-state index in [0.717, 1.165) is 25.7 Å². The Kier molecular flexibility index (Phi) is 5.66. The number of hydrogen-bond donors (Lipinski definition) is 3. The number of nitrogens with one attached hydrogen (secondary N) is 3. The Balaban J connectivity index is 1.40. The summed E-state index contributed by atoms with van der Waals surface area (Å²) in [5.41, 5.74) is 1.94. The van der Waals surface area contributed by atoms with Crippen LogP contribution in [0.25, 0.3) is 11.3 Å². The molecular weight excluding hydrogens is 443 g/mol. The Morgan fingerprint density at radius 1 is 1.09 bits per heavy atom. The fourth-order valence-electron chi connectivity index (χ4n) is 3.72. The molecule has 3 aromatic heterocycles. The summed E-state index contributed by atoms with van der Waals surface area (Å²) in [5.74, 6) is -0.508. The number of fused-ring (bicyclic) bond motifs is 1. The van der Waals surface area contributed by atoms with Gasteiger partial charge in [0.2, 0.25) is 0 Å². The van der Waals surface area contributed by atoms with E-state index in [0.29, 0.717) is 22.0 Å². The Morgan fingerprint density at radius 3 is 2.79 bits per heavy atom. The van der Waals surface area contributed by atoms with Crippen LogP contribution in [0.3, 0.4) is 0 Å². The van der Waals surface area contributed by atoms with E-state index in [1.165, 1.54) is 52.2 Å². The van der Waals surface area contributed by atoms with Gasteiger partial charge in [-0.15, -0.1) is 16.4 Å². The average Bonchev–Trinajstić information content (AvgIpc) is 3.27. The van der Waals surface area contributed by atoms with Gasteiger partial charge in [0, 0.05) is 16.6 Å². The highest BCUT2D eigenvalue weighted by Gasteiger charge is 2.19. The summed E-state index contributed by atoms with van der Waals surface area (Å²) >= 11 is 1.47. The molecule has 33 heavy (non-hydrogen) atoms. The standard InChI is InChI=1S/C23H19FN6O2S/c24-15-8-7-13(16-12-18(22(31)30-28-16)26-21-6-3-9-25-29-21)10-17(15)27-23(32)20-11-14-4-1-2-5-19(14)33-20/h3,6-12H,1-2,4-5H2,(H,27,32)(H,30,31)(H,26,28,29). The SMILES string of the molecule is O=C(Nc1cc(-c2cc(Nc3cccnn3)c(=O)[nH]n2)ccc1F)c1cc2c(s1)CCCC2. The van der Waals surface area contributed by atoms with Crippen molar-refractivity contribution in [2.45, 2.75) is 25.7 Å². The van der Waals surface area contributed by atoms with Crippen LogP contribution in [-0.2, 0) is 12.8 Å². The molecule has 3 N–H and O–H groups in total. The fraction of sp³-hybridized carbons (Fsp3) is 0.174. The lowest BCUT2D eigenvalue weighted by Gasteiger charge is -2.09. The first-order valence-corrected chi connectivity index (χ1v) is 11.3. The number of anilines is 3. The second-order valence-corrected chi connectivity index (χ2v) is 8.78. The third-order valence-corrected chi connectivity index (χ3v) is 6.61. The zero-order valence-corrected chi connectivity index (χ0v) is 18.2. The number of carbonyl (C=O) groups is 1. The van der Waals surface area contributed by atoms with Gasteiger partial charge >= 0.3 is 0 Å². The molecule has 0 atom stereocenters. The van der Waals surface area contributed by atoms with E-state index in [1.807, 2.05) is 6.07 Å². The van der Waals surface area contributed by atoms with E-state index in [1.54, 1.807) is 12.1 Å². The highest BCUT2D eigenvalue weighted by molar-refractivity contribution is 7.14. The Hall–Kier alpha value is -3.92. The molecular formula is C23H19FN6O2S. The molecule has 0 unspecified atom stereocenters. The van der Waals surface area contributed by atoms with Crippen LogP contribution in [0.2, 0.25) is 0 Å². The van der Waals surface area contributed by atoms with Crippen molar-refractivity contribution in [2.24, 2.45) is 0 Å². The van der Waals surface area contributed by atoms with Crippen molar-refractivity contribution in [2.75, 3.05) is 10.6 Å². The number of aryl methyl sites for hydroxylation is 2. The van der Waals surface area contributed by atoms with Gasteiger partial charge in [0.1, 0.15) is 11.5 Å². The molecule has 1 aromatic carbocycles. The summed E-state index contributed by atoms with van der Waals surface area (Å²) in [5, 5.41) is 19.7. The number of H-pyrrole nitrogens is 1. The summed E-state index contributed by atoms with van der Waals surface area (Å²) in [4.78, 5) is 26.8. The largest absolute Gasteiger partial charge is 0.334 e. The molecule has 5 rings (SSSR count). The molecule has 1 aliphatic carbocycles. The molecule has 0 fully saturated rings. The lowest BCUT2D eigenvalue weighted by molar-refractivity contribution is 0.103. The number of halogens is 1. The molecule has 10 heteroatoms. The first-order valence-electron chi connectivity index (χ1n) is 10.4. The third-order valence-electron chi connectivity index (χ3n) is 5.37. The van der Waals surface area contributed by atoms with Crippen LogP contribution >= 0.6 is 11.3 Å². The molecule has 166 valence electrons. The van der Waals surface area contributed by atoms with Crippen LogP contribution in [0.1, 0.15) is 33.0 Å². The number of benzene rings is 1. The van der Waals surface area contributed by atoms with E-state index in [9.17, 15) is 14.0 Å². The number of carbonyl (C=O) groups excluding carboxylic acids is 1. The molecule has 0 radical (unpaired) electrons. The molecule has 0 saturated heterocycles. The van der Waals surface area contributed by atoms with Gasteiger partial charge in [-0.25, -0.2) is 9.49 Å². The predicted molar refractivity (Wildman–Crippen MR) is 124 cm³/mol. The van der Waals surface area contributed by atoms with Crippen LogP contribution in [-0.4, -0.2) is 26.3 Å². The molecule has 4 aromatic rings. The van der Waals surface area contributed by atoms with Crippen LogP contribution in [0.15, 0.2) is 53.5 Å². The first kappa shape index (κ1) is 21.0. The van der Waals surface area contributed by atoms with E-state index >= 15 is 0 Å². The molecule has 1 amide bonds. The topological polar surface area (TPSA) is 113 Å². The van der Waals surface area contributed by atoms with Gasteiger partial charge < -0.3 is 10.6 Å². The predicted octanol–water partition coefficient (Wildman–Crippen LogP) is 4.30. The zero-order valence-electron chi connectivity index (χ0n) is 17.4. The van der Waals surface area contributed by atoms with Crippen LogP contribution in [0, 0.1) is 5.82 Å². The van der Waals surface area contributed by atoms with E-state index in [2.05, 4.69) is 31.0 Å². The summed E-state index contributed by atoms with van der Waals surface area (Å²) in [6.07, 6.45) is 5.74. The normalized spacial score (nSPS) is 12.8. The van der Waals surface area contributed by atoms with Crippen molar-refractivity contribution in [3.05, 3.63) is 80.2 Å². The summed E-state index contributed by atoms with van der Waals surface area (Å²) in [6.45, 7) is 0. The van der Waals surface area contributed by atoms with Gasteiger partial charge in [-0.1, -0.05) is 0 Å². The third kappa shape index (κ3) is 4.51. The van der Waals surface area contributed by atoms with Gasteiger partial charge in [0.25, 0.3) is 11.5 Å². The molecule has 0 saturated carbocycles. The molecule has 3 heterocycles. The fourth-order valence-corrected chi connectivity index (χ4v) is 4.87. The Morgan fingerprint density at radius 2 is 1.97 bits per heavy atom. The lowest BCUT2D eigenvalue weighted by atomic mass is 9.99. The highest BCUT2D eigenvalue weighted by atomic mass is 32.1. The summed E-state index contributed by atoms with van der Waals surface area (Å²) < 4.78 is 14.5. The van der Waals surface area contributed by atoms with Gasteiger partial charge in [-0.2, -0.15) is 10.2 Å². The highest BCUT2D eigenvalue weighted by Crippen LogP contribution is 2.31. The maximum atomic E-state index is 14.5. The zero-order chi connectivity index (χ0) is 22.8. The molecule has 8 nitrogen and oxygen atoms in total. The minimum atomic E-state index is -0.559. The molecule has 0 aliphatic heterocycles. The number of amides is 1. The lowest BCUT2D eigenvalue weighted by Crippen LogP contribution is -2.14. The summed E-state index contributed by atoms with van der Waals surface area (Å²) in [7, 11) is 0. The van der Waals surface area contributed by atoms with Gasteiger partial charge in [0.05, 0.1) is 16.3 Å². The van der Waals surface area contributed by atoms with Crippen molar-refractivity contribution in [1.82, 2.24) is 20.4 Å². The second kappa shape index (κ2) is 8.91. The monoisotopic (exact) mass is 462 g/mol. The smallest absolute Gasteiger partial charge is 0.287 e. The first-order chi connectivity index (χ1) is 16.1. The maximum absolute atomic E-state index is 14.5. The molecule has 1 aliphatic rings. The quantitative estimate of drug-likeness (QED) is 0.408. The van der Waals surface area contributed by atoms with Crippen molar-refractivity contribution in [1.29, 1.82) is 0 Å². The van der Waals surface area contributed by atoms with Crippen LogP contribution in [0.4, 0.5) is 21.6 Å².